The van der Waals surface area contributed by atoms with E-state index in [-0.39, 0.29) is 0 Å². The Bertz CT molecular complexity index is 505. The molecule has 2 aromatic rings. The second-order valence-electron chi connectivity index (χ2n) is 3.93. The molecule has 0 bridgehead atoms. The third-order valence-electron chi connectivity index (χ3n) is 2.71. The van der Waals surface area contributed by atoms with Crippen LogP contribution in [-0.2, 0) is 6.42 Å². The van der Waals surface area contributed by atoms with Gasteiger partial charge in [-0.25, -0.2) is 4.98 Å². The van der Waals surface area contributed by atoms with Crippen LogP contribution in [0.5, 0.6) is 5.75 Å². The van der Waals surface area contributed by atoms with Crippen LogP contribution < -0.4 is 10.5 Å². The van der Waals surface area contributed by atoms with Crippen LogP contribution in [0.3, 0.4) is 0 Å². The smallest absolute Gasteiger partial charge is 0.137 e. The first-order valence-electron chi connectivity index (χ1n) is 5.64. The van der Waals surface area contributed by atoms with Crippen molar-refractivity contribution in [3.05, 3.63) is 35.7 Å². The zero-order valence-corrected chi connectivity index (χ0v) is 10.2. The monoisotopic (exact) mass is 231 g/mol. The molecule has 3 N–H and O–H groups in total. The number of methoxy groups -OCH3 is 1. The average Bonchev–Trinajstić information content (AvgIpc) is 2.72. The molecule has 0 aliphatic rings. The largest absolute Gasteiger partial charge is 0.497 e. The van der Waals surface area contributed by atoms with E-state index >= 15 is 0 Å². The Hall–Kier alpha value is -1.81. The molecule has 17 heavy (non-hydrogen) atoms. The fourth-order valence-electron chi connectivity index (χ4n) is 1.78. The summed E-state index contributed by atoms with van der Waals surface area (Å²) in [6, 6.07) is 7.84. The molecule has 1 aromatic carbocycles. The molecule has 0 saturated heterocycles. The normalized spacial score (nSPS) is 10.5. The maximum absolute atomic E-state index is 5.55. The van der Waals surface area contributed by atoms with Gasteiger partial charge < -0.3 is 15.5 Å². The van der Waals surface area contributed by atoms with Crippen LogP contribution in [0, 0.1) is 6.92 Å². The first-order valence-corrected chi connectivity index (χ1v) is 5.64. The lowest BCUT2D eigenvalue weighted by molar-refractivity contribution is 0.415. The molecule has 0 fully saturated rings. The third-order valence-corrected chi connectivity index (χ3v) is 2.71. The second-order valence-corrected chi connectivity index (χ2v) is 3.93. The van der Waals surface area contributed by atoms with Crippen LogP contribution in [-0.4, -0.2) is 23.6 Å². The lowest BCUT2D eigenvalue weighted by atomic mass is 10.2. The van der Waals surface area contributed by atoms with Crippen LogP contribution in [0.25, 0.3) is 11.4 Å². The quantitative estimate of drug-likeness (QED) is 0.844. The molecule has 0 spiro atoms. The van der Waals surface area contributed by atoms with E-state index in [1.54, 1.807) is 7.11 Å². The van der Waals surface area contributed by atoms with E-state index in [0.717, 1.165) is 34.9 Å². The molecule has 90 valence electrons. The lowest BCUT2D eigenvalue weighted by Gasteiger charge is -2.01. The fourth-order valence-corrected chi connectivity index (χ4v) is 1.78. The van der Waals surface area contributed by atoms with E-state index in [0.29, 0.717) is 6.54 Å². The molecular formula is C13H17N3O. The highest BCUT2D eigenvalue weighted by Crippen LogP contribution is 2.22. The Morgan fingerprint density at radius 3 is 2.94 bits per heavy atom. The zero-order valence-electron chi connectivity index (χ0n) is 10.2. The SMILES string of the molecule is COc1cccc(-c2nc(CCN)c(C)[nH]2)c1. The van der Waals surface area contributed by atoms with E-state index in [4.69, 9.17) is 10.5 Å². The average molecular weight is 231 g/mol. The van der Waals surface area contributed by atoms with Crippen LogP contribution in [0.2, 0.25) is 0 Å². The van der Waals surface area contributed by atoms with Gasteiger partial charge in [-0.15, -0.1) is 0 Å². The number of rotatable bonds is 4. The van der Waals surface area contributed by atoms with Crippen LogP contribution in [0.1, 0.15) is 11.4 Å². The molecule has 1 aromatic heterocycles. The summed E-state index contributed by atoms with van der Waals surface area (Å²) in [5.74, 6) is 1.70. The molecule has 0 aliphatic carbocycles. The summed E-state index contributed by atoms with van der Waals surface area (Å²) in [7, 11) is 1.66. The minimum atomic E-state index is 0.614. The Kier molecular flexibility index (Phi) is 3.44. The standard InChI is InChI=1S/C13H17N3O/c1-9-12(6-7-14)16-13(15-9)10-4-3-5-11(8-10)17-2/h3-5,8H,6-7,14H2,1-2H3,(H,15,16). The summed E-state index contributed by atoms with van der Waals surface area (Å²) in [6.07, 6.45) is 0.798. The fraction of sp³-hybridized carbons (Fsp3) is 0.308. The number of benzene rings is 1. The van der Waals surface area contributed by atoms with Crippen LogP contribution >= 0.6 is 0 Å². The third kappa shape index (κ3) is 2.47. The van der Waals surface area contributed by atoms with Crippen molar-refractivity contribution in [2.75, 3.05) is 13.7 Å². The van der Waals surface area contributed by atoms with Gasteiger partial charge in [-0.3, -0.25) is 0 Å². The van der Waals surface area contributed by atoms with Gasteiger partial charge in [0.2, 0.25) is 0 Å². The van der Waals surface area contributed by atoms with Gasteiger partial charge in [-0.2, -0.15) is 0 Å². The summed E-state index contributed by atoms with van der Waals surface area (Å²) in [5, 5.41) is 0. The van der Waals surface area contributed by atoms with Crippen molar-refractivity contribution in [3.63, 3.8) is 0 Å². The molecule has 4 nitrogen and oxygen atoms in total. The van der Waals surface area contributed by atoms with Crippen molar-refractivity contribution in [1.29, 1.82) is 0 Å². The van der Waals surface area contributed by atoms with Gasteiger partial charge in [-0.1, -0.05) is 12.1 Å². The molecule has 0 unspecified atom stereocenters. The highest BCUT2D eigenvalue weighted by Gasteiger charge is 2.08. The van der Waals surface area contributed by atoms with Gasteiger partial charge in [0.05, 0.1) is 12.8 Å². The molecule has 4 heteroatoms. The molecule has 0 amide bonds. The Morgan fingerprint density at radius 2 is 2.24 bits per heavy atom. The van der Waals surface area contributed by atoms with Crippen molar-refractivity contribution >= 4 is 0 Å². The highest BCUT2D eigenvalue weighted by molar-refractivity contribution is 5.58. The van der Waals surface area contributed by atoms with Crippen LogP contribution in [0.4, 0.5) is 0 Å². The van der Waals surface area contributed by atoms with Crippen LogP contribution in [0.15, 0.2) is 24.3 Å². The molecular weight excluding hydrogens is 214 g/mol. The molecule has 0 atom stereocenters. The number of ether oxygens (including phenoxy) is 1. The van der Waals surface area contributed by atoms with Gasteiger partial charge in [0.25, 0.3) is 0 Å². The van der Waals surface area contributed by atoms with Crippen molar-refractivity contribution < 1.29 is 4.74 Å². The minimum Gasteiger partial charge on any atom is -0.497 e. The molecule has 0 radical (unpaired) electrons. The molecule has 0 aliphatic heterocycles. The summed E-state index contributed by atoms with van der Waals surface area (Å²) < 4.78 is 5.20. The van der Waals surface area contributed by atoms with Gasteiger partial charge in [0.15, 0.2) is 0 Å². The number of aromatic amines is 1. The first kappa shape index (κ1) is 11.7. The molecule has 2 rings (SSSR count). The highest BCUT2D eigenvalue weighted by atomic mass is 16.5. The number of H-pyrrole nitrogens is 1. The van der Waals surface area contributed by atoms with E-state index in [1.165, 1.54) is 0 Å². The van der Waals surface area contributed by atoms with E-state index in [2.05, 4.69) is 9.97 Å². The summed E-state index contributed by atoms with van der Waals surface area (Å²) in [6.45, 7) is 2.63. The summed E-state index contributed by atoms with van der Waals surface area (Å²) in [4.78, 5) is 7.83. The van der Waals surface area contributed by atoms with Crippen molar-refractivity contribution in [2.45, 2.75) is 13.3 Å². The number of aryl methyl sites for hydroxylation is 1. The van der Waals surface area contributed by atoms with Gasteiger partial charge in [0.1, 0.15) is 11.6 Å². The van der Waals surface area contributed by atoms with Crippen molar-refractivity contribution in [1.82, 2.24) is 9.97 Å². The molecule has 1 heterocycles. The maximum Gasteiger partial charge on any atom is 0.137 e. The predicted octanol–water partition coefficient (Wildman–Crippen LogP) is 1.89. The Labute approximate surface area is 101 Å². The first-order chi connectivity index (χ1) is 8.24. The topological polar surface area (TPSA) is 63.9 Å². The Morgan fingerprint density at radius 1 is 1.41 bits per heavy atom. The van der Waals surface area contributed by atoms with Crippen molar-refractivity contribution in [2.24, 2.45) is 5.73 Å². The predicted molar refractivity (Wildman–Crippen MR) is 68.1 cm³/mol. The summed E-state index contributed by atoms with van der Waals surface area (Å²) >= 11 is 0. The number of hydrogen-bond acceptors (Lipinski definition) is 3. The van der Waals surface area contributed by atoms with Crippen molar-refractivity contribution in [3.8, 4) is 17.1 Å². The zero-order chi connectivity index (χ0) is 12.3. The number of nitrogens with two attached hydrogens (primary N) is 1. The number of aromatic nitrogens is 2. The number of imidazole rings is 1. The number of nitrogens with zero attached hydrogens (tertiary/aromatic N) is 1. The minimum absolute atomic E-state index is 0.614. The Balaban J connectivity index is 2.35. The van der Waals surface area contributed by atoms with E-state index < -0.39 is 0 Å². The van der Waals surface area contributed by atoms with E-state index in [9.17, 15) is 0 Å². The van der Waals surface area contributed by atoms with E-state index in [1.807, 2.05) is 31.2 Å². The summed E-state index contributed by atoms with van der Waals surface area (Å²) in [5.41, 5.74) is 8.68. The lowest BCUT2D eigenvalue weighted by Crippen LogP contribution is -2.03. The second kappa shape index (κ2) is 5.01. The number of nitrogens with one attached hydrogen (secondary N) is 1. The molecule has 0 saturated carbocycles. The maximum atomic E-state index is 5.55. The number of hydrogen-bond donors (Lipinski definition) is 2. The van der Waals surface area contributed by atoms with Gasteiger partial charge in [-0.05, 0) is 25.6 Å². The van der Waals surface area contributed by atoms with Gasteiger partial charge in [0, 0.05) is 17.7 Å². The van der Waals surface area contributed by atoms with Gasteiger partial charge >= 0.3 is 0 Å².